The molecule has 0 saturated carbocycles. The van der Waals surface area contributed by atoms with Crippen molar-refractivity contribution >= 4 is 23.3 Å². The van der Waals surface area contributed by atoms with Gasteiger partial charge in [0.05, 0.1) is 13.7 Å². The van der Waals surface area contributed by atoms with Crippen LogP contribution in [-0.4, -0.2) is 42.2 Å². The number of piperidine rings is 1. The molecule has 3 rings (SSSR count). The lowest BCUT2D eigenvalue weighted by atomic mass is 10.1. The van der Waals surface area contributed by atoms with E-state index in [-0.39, 0.29) is 12.1 Å². The highest BCUT2D eigenvalue weighted by Gasteiger charge is 2.25. The fourth-order valence-electron chi connectivity index (χ4n) is 2.73. The standard InChI is InChI=1S/C18H20ClN3O3/c1-24-14-6-4-13(5-7-14)21-18(23)22-10-2-3-15(12-22)25-17-8-9-20-11-16(17)19/h4-9,11,15H,2-3,10,12H2,1H3,(H,21,23). The van der Waals surface area contributed by atoms with Crippen molar-refractivity contribution in [3.05, 3.63) is 47.7 Å². The molecule has 0 radical (unpaired) electrons. The number of hydrogen-bond acceptors (Lipinski definition) is 4. The van der Waals surface area contributed by atoms with Crippen LogP contribution in [0.5, 0.6) is 11.5 Å². The summed E-state index contributed by atoms with van der Waals surface area (Å²) < 4.78 is 11.1. The van der Waals surface area contributed by atoms with Crippen molar-refractivity contribution in [1.29, 1.82) is 0 Å². The summed E-state index contributed by atoms with van der Waals surface area (Å²) in [6.07, 6.45) is 4.86. The van der Waals surface area contributed by atoms with E-state index in [0.29, 0.717) is 23.9 Å². The minimum atomic E-state index is -0.140. The van der Waals surface area contributed by atoms with Crippen LogP contribution in [0.1, 0.15) is 12.8 Å². The number of carbonyl (C=O) groups is 1. The van der Waals surface area contributed by atoms with Crippen LogP contribution in [-0.2, 0) is 0 Å². The average Bonchev–Trinajstić information content (AvgIpc) is 2.64. The zero-order valence-corrected chi connectivity index (χ0v) is 14.7. The highest BCUT2D eigenvalue weighted by Crippen LogP contribution is 2.26. The van der Waals surface area contributed by atoms with Crippen molar-refractivity contribution in [2.45, 2.75) is 18.9 Å². The smallest absolute Gasteiger partial charge is 0.321 e. The average molecular weight is 362 g/mol. The van der Waals surface area contributed by atoms with Gasteiger partial charge in [0.1, 0.15) is 22.6 Å². The number of methoxy groups -OCH3 is 1. The number of likely N-dealkylation sites (tertiary alicyclic amines) is 1. The van der Waals surface area contributed by atoms with Crippen LogP contribution in [0.4, 0.5) is 10.5 Å². The summed E-state index contributed by atoms with van der Waals surface area (Å²) in [5, 5.41) is 3.37. The fourth-order valence-corrected chi connectivity index (χ4v) is 2.90. The lowest BCUT2D eigenvalue weighted by Gasteiger charge is -2.33. The number of ether oxygens (including phenoxy) is 2. The second kappa shape index (κ2) is 8.07. The second-order valence-electron chi connectivity index (χ2n) is 5.79. The summed E-state index contributed by atoms with van der Waals surface area (Å²) >= 11 is 6.08. The molecule has 1 aliphatic rings. The van der Waals surface area contributed by atoms with Gasteiger partial charge in [-0.1, -0.05) is 11.6 Å². The number of nitrogens with zero attached hydrogens (tertiary/aromatic N) is 2. The molecule has 0 aliphatic carbocycles. The van der Waals surface area contributed by atoms with Crippen molar-refractivity contribution in [1.82, 2.24) is 9.88 Å². The Morgan fingerprint density at radius 1 is 1.32 bits per heavy atom. The third-order valence-electron chi connectivity index (χ3n) is 4.04. The third kappa shape index (κ3) is 4.54. The summed E-state index contributed by atoms with van der Waals surface area (Å²) in [6, 6.07) is 8.83. The fraction of sp³-hybridized carbons (Fsp3) is 0.333. The third-order valence-corrected chi connectivity index (χ3v) is 4.32. The number of urea groups is 1. The molecule has 1 aromatic carbocycles. The largest absolute Gasteiger partial charge is 0.497 e. The number of benzene rings is 1. The maximum absolute atomic E-state index is 12.5. The molecule has 25 heavy (non-hydrogen) atoms. The van der Waals surface area contributed by atoms with Gasteiger partial charge in [0.25, 0.3) is 0 Å². The van der Waals surface area contributed by atoms with E-state index < -0.39 is 0 Å². The number of pyridine rings is 1. The Hall–Kier alpha value is -2.47. The van der Waals surface area contributed by atoms with Crippen LogP contribution in [0.3, 0.4) is 0 Å². The van der Waals surface area contributed by atoms with Crippen LogP contribution in [0.15, 0.2) is 42.7 Å². The number of carbonyl (C=O) groups excluding carboxylic acids is 1. The van der Waals surface area contributed by atoms with Gasteiger partial charge >= 0.3 is 6.03 Å². The predicted molar refractivity (Wildman–Crippen MR) is 96.5 cm³/mol. The molecular formula is C18H20ClN3O3. The second-order valence-corrected chi connectivity index (χ2v) is 6.20. The molecule has 2 amide bonds. The van der Waals surface area contributed by atoms with Crippen LogP contribution >= 0.6 is 11.6 Å². The minimum Gasteiger partial charge on any atom is -0.497 e. The summed E-state index contributed by atoms with van der Waals surface area (Å²) in [7, 11) is 1.61. The van der Waals surface area contributed by atoms with E-state index in [1.807, 2.05) is 24.3 Å². The predicted octanol–water partition coefficient (Wildman–Crippen LogP) is 3.82. The van der Waals surface area contributed by atoms with E-state index in [4.69, 9.17) is 21.1 Å². The zero-order valence-electron chi connectivity index (χ0n) is 13.9. The Bertz CT molecular complexity index is 724. The van der Waals surface area contributed by atoms with Crippen molar-refractivity contribution in [3.63, 3.8) is 0 Å². The SMILES string of the molecule is COc1ccc(NC(=O)N2CCCC(Oc3ccncc3Cl)C2)cc1. The minimum absolute atomic E-state index is 0.0877. The van der Waals surface area contributed by atoms with Gasteiger partial charge < -0.3 is 19.7 Å². The number of hydrogen-bond donors (Lipinski definition) is 1. The number of halogens is 1. The highest BCUT2D eigenvalue weighted by molar-refractivity contribution is 6.31. The first-order chi connectivity index (χ1) is 12.2. The Morgan fingerprint density at radius 3 is 2.84 bits per heavy atom. The van der Waals surface area contributed by atoms with Crippen LogP contribution in [0, 0.1) is 0 Å². The summed E-state index contributed by atoms with van der Waals surface area (Å²) in [5.74, 6) is 1.35. The molecule has 1 aliphatic heterocycles. The van der Waals surface area contributed by atoms with Crippen molar-refractivity contribution in [2.75, 3.05) is 25.5 Å². The molecule has 1 unspecified atom stereocenters. The van der Waals surface area contributed by atoms with Crippen LogP contribution in [0.2, 0.25) is 5.02 Å². The first kappa shape index (κ1) is 17.4. The normalized spacial score (nSPS) is 17.0. The maximum atomic E-state index is 12.5. The van der Waals surface area contributed by atoms with Gasteiger partial charge in [-0.2, -0.15) is 0 Å². The molecular weight excluding hydrogens is 342 g/mol. The van der Waals surface area contributed by atoms with E-state index in [0.717, 1.165) is 24.3 Å². The topological polar surface area (TPSA) is 63.7 Å². The number of amides is 2. The molecule has 1 aromatic heterocycles. The lowest BCUT2D eigenvalue weighted by Crippen LogP contribution is -2.46. The lowest BCUT2D eigenvalue weighted by molar-refractivity contribution is 0.106. The van der Waals surface area contributed by atoms with E-state index in [1.165, 1.54) is 0 Å². The van der Waals surface area contributed by atoms with Gasteiger partial charge in [-0.15, -0.1) is 0 Å². The number of rotatable bonds is 4. The van der Waals surface area contributed by atoms with Crippen molar-refractivity contribution in [3.8, 4) is 11.5 Å². The Morgan fingerprint density at radius 2 is 2.12 bits per heavy atom. The Kier molecular flexibility index (Phi) is 5.60. The Labute approximate surface area is 151 Å². The number of aromatic nitrogens is 1. The quantitative estimate of drug-likeness (QED) is 0.899. The summed E-state index contributed by atoms with van der Waals surface area (Å²) in [5.41, 5.74) is 0.728. The monoisotopic (exact) mass is 361 g/mol. The molecule has 6 nitrogen and oxygen atoms in total. The van der Waals surface area contributed by atoms with Gasteiger partial charge in [0.15, 0.2) is 0 Å². The highest BCUT2D eigenvalue weighted by atomic mass is 35.5. The van der Waals surface area contributed by atoms with Crippen LogP contribution < -0.4 is 14.8 Å². The van der Waals surface area contributed by atoms with Gasteiger partial charge in [0.2, 0.25) is 0 Å². The van der Waals surface area contributed by atoms with E-state index in [9.17, 15) is 4.79 Å². The van der Waals surface area contributed by atoms with E-state index in [1.54, 1.807) is 30.5 Å². The van der Waals surface area contributed by atoms with Gasteiger partial charge in [-0.3, -0.25) is 4.98 Å². The summed E-state index contributed by atoms with van der Waals surface area (Å²) in [4.78, 5) is 18.2. The molecule has 1 saturated heterocycles. The zero-order chi connectivity index (χ0) is 17.6. The molecule has 0 spiro atoms. The molecule has 0 bridgehead atoms. The van der Waals surface area contributed by atoms with Crippen molar-refractivity contribution < 1.29 is 14.3 Å². The molecule has 1 fully saturated rings. The van der Waals surface area contributed by atoms with Gasteiger partial charge in [-0.25, -0.2) is 4.79 Å². The molecule has 1 N–H and O–H groups in total. The van der Waals surface area contributed by atoms with Crippen LogP contribution in [0.25, 0.3) is 0 Å². The Balaban J connectivity index is 1.58. The molecule has 1 atom stereocenters. The first-order valence-electron chi connectivity index (χ1n) is 8.12. The molecule has 2 aromatic rings. The number of nitrogens with one attached hydrogen (secondary N) is 1. The number of anilines is 1. The van der Waals surface area contributed by atoms with Crippen molar-refractivity contribution in [2.24, 2.45) is 0 Å². The maximum Gasteiger partial charge on any atom is 0.321 e. The van der Waals surface area contributed by atoms with Gasteiger partial charge in [0, 0.05) is 30.7 Å². The molecule has 7 heteroatoms. The first-order valence-corrected chi connectivity index (χ1v) is 8.49. The van der Waals surface area contributed by atoms with E-state index >= 15 is 0 Å². The molecule has 2 heterocycles. The summed E-state index contributed by atoms with van der Waals surface area (Å²) in [6.45, 7) is 1.21. The van der Waals surface area contributed by atoms with E-state index in [2.05, 4.69) is 10.3 Å². The van der Waals surface area contributed by atoms with Gasteiger partial charge in [-0.05, 0) is 37.1 Å². The molecule has 132 valence electrons.